The van der Waals surface area contributed by atoms with Gasteiger partial charge in [-0.05, 0) is 43.7 Å². The van der Waals surface area contributed by atoms with E-state index in [4.69, 9.17) is 25.8 Å². The Bertz CT molecular complexity index is 1260. The number of amides is 1. The molecule has 0 bridgehead atoms. The van der Waals surface area contributed by atoms with Gasteiger partial charge in [0.15, 0.2) is 18.1 Å². The average molecular weight is 506 g/mol. The number of hydrazone groups is 1. The molecular formula is C22H20ClN3O7S. The number of non-ortho nitro benzene ring substituents is 1. The van der Waals surface area contributed by atoms with Crippen LogP contribution in [0.5, 0.6) is 11.5 Å². The number of thiophene rings is 1. The Kier molecular flexibility index (Phi) is 8.39. The maximum absolute atomic E-state index is 12.5. The van der Waals surface area contributed by atoms with Crippen LogP contribution in [0, 0.1) is 10.1 Å². The lowest BCUT2D eigenvalue weighted by Crippen LogP contribution is -2.16. The molecule has 1 heterocycles. The highest BCUT2D eigenvalue weighted by Crippen LogP contribution is 2.36. The van der Waals surface area contributed by atoms with E-state index in [1.54, 1.807) is 38.1 Å². The van der Waals surface area contributed by atoms with Crippen molar-refractivity contribution in [3.63, 3.8) is 0 Å². The number of carbonyl (C=O) groups is 2. The predicted octanol–water partition coefficient (Wildman–Crippen LogP) is 4.57. The quantitative estimate of drug-likeness (QED) is 0.185. The molecule has 0 saturated heterocycles. The summed E-state index contributed by atoms with van der Waals surface area (Å²) in [6, 6.07) is 9.11. The zero-order valence-electron chi connectivity index (χ0n) is 18.2. The van der Waals surface area contributed by atoms with E-state index in [1.807, 2.05) is 0 Å². The van der Waals surface area contributed by atoms with Gasteiger partial charge < -0.3 is 14.2 Å². The number of benzene rings is 2. The van der Waals surface area contributed by atoms with Crippen molar-refractivity contribution >= 4 is 56.8 Å². The summed E-state index contributed by atoms with van der Waals surface area (Å²) in [5, 5.41) is 15.7. The highest BCUT2D eigenvalue weighted by molar-refractivity contribution is 7.20. The third-order valence-corrected chi connectivity index (χ3v) is 5.68. The number of nitrogens with zero attached hydrogens (tertiary/aromatic N) is 2. The third kappa shape index (κ3) is 6.21. The van der Waals surface area contributed by atoms with Crippen molar-refractivity contribution in [1.29, 1.82) is 0 Å². The Labute approximate surface area is 203 Å². The van der Waals surface area contributed by atoms with Crippen molar-refractivity contribution < 1.29 is 28.7 Å². The Balaban J connectivity index is 1.72. The lowest BCUT2D eigenvalue weighted by atomic mass is 10.2. The molecule has 178 valence electrons. The summed E-state index contributed by atoms with van der Waals surface area (Å²) in [6.45, 7) is 3.71. The van der Waals surface area contributed by atoms with Crippen LogP contribution >= 0.6 is 22.9 Å². The molecule has 0 unspecified atom stereocenters. The molecule has 1 aromatic heterocycles. The highest BCUT2D eigenvalue weighted by Gasteiger charge is 2.15. The SMILES string of the molecule is CCOC(=O)COc1c(Cl)cc(/C=N\NC(=O)c2cc3cc([N+](=O)[O-])ccc3s2)cc1OCC. The van der Waals surface area contributed by atoms with Gasteiger partial charge >= 0.3 is 5.97 Å². The zero-order chi connectivity index (χ0) is 24.7. The van der Waals surface area contributed by atoms with Crippen molar-refractivity contribution in [3.8, 4) is 11.5 Å². The minimum Gasteiger partial charge on any atom is -0.490 e. The fourth-order valence-corrected chi connectivity index (χ4v) is 4.08. The first kappa shape index (κ1) is 24.9. The van der Waals surface area contributed by atoms with E-state index in [0.717, 1.165) is 4.70 Å². The molecule has 1 N–H and O–H groups in total. The minimum absolute atomic E-state index is 0.0491. The van der Waals surface area contributed by atoms with Crippen LogP contribution in [0.3, 0.4) is 0 Å². The van der Waals surface area contributed by atoms with E-state index < -0.39 is 16.8 Å². The molecule has 0 fully saturated rings. The van der Waals surface area contributed by atoms with Gasteiger partial charge in [-0.25, -0.2) is 10.2 Å². The molecule has 0 aliphatic rings. The van der Waals surface area contributed by atoms with Crippen LogP contribution in [0.2, 0.25) is 5.02 Å². The topological polar surface area (TPSA) is 129 Å². The van der Waals surface area contributed by atoms with Crippen molar-refractivity contribution in [2.24, 2.45) is 5.10 Å². The van der Waals surface area contributed by atoms with Crippen LogP contribution in [0.4, 0.5) is 5.69 Å². The van der Waals surface area contributed by atoms with Crippen LogP contribution in [0.25, 0.3) is 10.1 Å². The molecule has 3 aromatic rings. The lowest BCUT2D eigenvalue weighted by molar-refractivity contribution is -0.384. The molecule has 0 atom stereocenters. The standard InChI is InChI=1S/C22H20ClN3O7S/c1-3-31-17-8-13(7-16(23)21(17)33-12-20(27)32-4-2)11-24-25-22(28)19-10-14-9-15(26(29)30)5-6-18(14)34-19/h5-11H,3-4,12H2,1-2H3,(H,25,28)/b24-11-. The molecule has 10 nitrogen and oxygen atoms in total. The summed E-state index contributed by atoms with van der Waals surface area (Å²) < 4.78 is 16.6. The molecule has 0 saturated carbocycles. The van der Waals surface area contributed by atoms with Crippen LogP contribution in [-0.2, 0) is 9.53 Å². The monoisotopic (exact) mass is 505 g/mol. The number of nitrogens with one attached hydrogen (secondary N) is 1. The fourth-order valence-electron chi connectivity index (χ4n) is 2.88. The van der Waals surface area contributed by atoms with E-state index in [0.29, 0.717) is 28.2 Å². The number of esters is 1. The molecule has 12 heteroatoms. The van der Waals surface area contributed by atoms with Crippen LogP contribution < -0.4 is 14.9 Å². The van der Waals surface area contributed by atoms with E-state index in [9.17, 15) is 19.7 Å². The molecule has 34 heavy (non-hydrogen) atoms. The number of hydrogen-bond donors (Lipinski definition) is 1. The number of fused-ring (bicyclic) bond motifs is 1. The van der Waals surface area contributed by atoms with Crippen molar-refractivity contribution in [2.45, 2.75) is 13.8 Å². The largest absolute Gasteiger partial charge is 0.490 e. The Morgan fingerprint density at radius 2 is 1.97 bits per heavy atom. The second-order valence-corrected chi connectivity index (χ2v) is 8.14. The van der Waals surface area contributed by atoms with E-state index in [1.165, 1.54) is 29.7 Å². The van der Waals surface area contributed by atoms with E-state index in [-0.39, 0.29) is 29.7 Å². The number of carbonyl (C=O) groups excluding carboxylic acids is 2. The number of nitro groups is 1. The molecule has 0 aliphatic carbocycles. The molecular weight excluding hydrogens is 486 g/mol. The van der Waals surface area contributed by atoms with Crippen molar-refractivity contribution in [3.05, 3.63) is 62.0 Å². The van der Waals surface area contributed by atoms with E-state index in [2.05, 4.69) is 10.5 Å². The summed E-state index contributed by atoms with van der Waals surface area (Å²) >= 11 is 7.49. The fraction of sp³-hybridized carbons (Fsp3) is 0.227. The molecule has 0 aliphatic heterocycles. The van der Waals surface area contributed by atoms with Crippen LogP contribution in [-0.4, -0.2) is 42.8 Å². The van der Waals surface area contributed by atoms with Gasteiger partial charge in [0.1, 0.15) is 0 Å². The highest BCUT2D eigenvalue weighted by atomic mass is 35.5. The van der Waals surface area contributed by atoms with Gasteiger partial charge in [-0.2, -0.15) is 5.10 Å². The second-order valence-electron chi connectivity index (χ2n) is 6.65. The number of halogens is 1. The minimum atomic E-state index is -0.537. The molecule has 2 aromatic carbocycles. The maximum Gasteiger partial charge on any atom is 0.344 e. The van der Waals surface area contributed by atoms with Gasteiger partial charge in [0, 0.05) is 22.2 Å². The Morgan fingerprint density at radius 3 is 2.68 bits per heavy atom. The third-order valence-electron chi connectivity index (χ3n) is 4.29. The van der Waals surface area contributed by atoms with Gasteiger partial charge in [-0.3, -0.25) is 14.9 Å². The first-order chi connectivity index (χ1) is 16.3. The van der Waals surface area contributed by atoms with Gasteiger partial charge in [-0.15, -0.1) is 11.3 Å². The van der Waals surface area contributed by atoms with Gasteiger partial charge in [0.05, 0.1) is 34.3 Å². The molecule has 0 radical (unpaired) electrons. The predicted molar refractivity (Wildman–Crippen MR) is 128 cm³/mol. The summed E-state index contributed by atoms with van der Waals surface area (Å²) in [7, 11) is 0. The Hall–Kier alpha value is -3.70. The van der Waals surface area contributed by atoms with Crippen LogP contribution in [0.1, 0.15) is 29.1 Å². The number of rotatable bonds is 10. The van der Waals surface area contributed by atoms with Gasteiger partial charge in [0.25, 0.3) is 11.6 Å². The van der Waals surface area contributed by atoms with Gasteiger partial charge in [0.2, 0.25) is 0 Å². The molecule has 3 rings (SSSR count). The summed E-state index contributed by atoms with van der Waals surface area (Å²) in [6.07, 6.45) is 1.37. The lowest BCUT2D eigenvalue weighted by Gasteiger charge is -2.14. The molecule has 1 amide bonds. The normalized spacial score (nSPS) is 10.9. The zero-order valence-corrected chi connectivity index (χ0v) is 19.8. The average Bonchev–Trinajstić information content (AvgIpc) is 3.22. The second kappa shape index (κ2) is 11.4. The number of nitro benzene ring substituents is 1. The Morgan fingerprint density at radius 1 is 1.18 bits per heavy atom. The molecule has 0 spiro atoms. The number of ether oxygens (including phenoxy) is 3. The summed E-state index contributed by atoms with van der Waals surface area (Å²) in [4.78, 5) is 34.8. The smallest absolute Gasteiger partial charge is 0.344 e. The van der Waals surface area contributed by atoms with Crippen molar-refractivity contribution in [2.75, 3.05) is 19.8 Å². The summed E-state index contributed by atoms with van der Waals surface area (Å²) in [5.41, 5.74) is 2.88. The first-order valence-corrected chi connectivity index (χ1v) is 11.3. The van der Waals surface area contributed by atoms with Gasteiger partial charge in [-0.1, -0.05) is 11.6 Å². The van der Waals surface area contributed by atoms with Crippen LogP contribution in [0.15, 0.2) is 41.5 Å². The number of hydrogen-bond acceptors (Lipinski definition) is 9. The summed E-state index contributed by atoms with van der Waals surface area (Å²) in [5.74, 6) is -0.508. The first-order valence-electron chi connectivity index (χ1n) is 10.1. The van der Waals surface area contributed by atoms with E-state index >= 15 is 0 Å². The van der Waals surface area contributed by atoms with Crippen molar-refractivity contribution in [1.82, 2.24) is 5.43 Å². The maximum atomic E-state index is 12.5.